The van der Waals surface area contributed by atoms with Gasteiger partial charge in [0.1, 0.15) is 28.9 Å². The average Bonchev–Trinajstić information content (AvgIpc) is 3.06. The molecule has 3 aromatic heterocycles. The van der Waals surface area contributed by atoms with E-state index in [4.69, 9.17) is 4.52 Å². The zero-order valence-electron chi connectivity index (χ0n) is 15.2. The van der Waals surface area contributed by atoms with Crippen molar-refractivity contribution in [3.63, 3.8) is 0 Å². The fourth-order valence-electron chi connectivity index (χ4n) is 3.51. The first-order valence-corrected chi connectivity index (χ1v) is 8.95. The van der Waals surface area contributed by atoms with Crippen LogP contribution < -0.4 is 5.56 Å². The fraction of sp³-hybridized carbons (Fsp3) is 0.368. The summed E-state index contributed by atoms with van der Waals surface area (Å²) >= 11 is 0. The molecule has 1 saturated carbocycles. The molecule has 0 atom stereocenters. The number of imidazole rings is 1. The Kier molecular flexibility index (Phi) is 3.14. The lowest BCUT2D eigenvalue weighted by Crippen LogP contribution is -2.25. The van der Waals surface area contributed by atoms with Crippen molar-refractivity contribution in [2.24, 2.45) is 0 Å². The monoisotopic (exact) mass is 367 g/mol. The molecule has 0 aliphatic heterocycles. The van der Waals surface area contributed by atoms with E-state index in [1.807, 2.05) is 13.8 Å². The number of rotatable bonds is 3. The van der Waals surface area contributed by atoms with Gasteiger partial charge in [-0.3, -0.25) is 13.8 Å². The number of fused-ring (bicyclic) bond motifs is 3. The number of hydrogen-bond donors (Lipinski definition) is 0. The van der Waals surface area contributed by atoms with Gasteiger partial charge in [-0.05, 0) is 38.8 Å². The molecule has 0 radical (unpaired) electrons. The summed E-state index contributed by atoms with van der Waals surface area (Å²) in [4.78, 5) is 22.1. The summed E-state index contributed by atoms with van der Waals surface area (Å²) in [5, 5.41) is 4.04. The second-order valence-corrected chi connectivity index (χ2v) is 7.67. The first kappa shape index (κ1) is 16.2. The number of benzene rings is 1. The number of hydrogen-bond acceptors (Lipinski definition) is 5. The second kappa shape index (κ2) is 5.25. The summed E-state index contributed by atoms with van der Waals surface area (Å²) in [6.07, 6.45) is 3.51. The van der Waals surface area contributed by atoms with Gasteiger partial charge in [0.15, 0.2) is 0 Å². The topological polar surface area (TPSA) is 78.2 Å². The molecule has 1 aromatic carbocycles. The second-order valence-electron chi connectivity index (χ2n) is 7.67. The molecule has 1 aliphatic carbocycles. The van der Waals surface area contributed by atoms with Gasteiger partial charge < -0.3 is 4.52 Å². The molecular formula is C19H18FN5O2. The number of aromatic nitrogens is 5. The molecule has 0 spiro atoms. The Bertz CT molecular complexity index is 1260. The molecule has 7 nitrogen and oxygen atoms in total. The SMILES string of the molecule is CC(C)n1c(=O)c2c(-c3noc(C4(C)CC4)n3)ncn2c2cccc(F)c21. The molecule has 0 amide bonds. The van der Waals surface area contributed by atoms with Crippen LogP contribution in [0.15, 0.2) is 33.8 Å². The van der Waals surface area contributed by atoms with Crippen molar-refractivity contribution in [1.29, 1.82) is 0 Å². The minimum atomic E-state index is -0.445. The molecule has 0 saturated heterocycles. The van der Waals surface area contributed by atoms with E-state index in [0.29, 0.717) is 22.6 Å². The minimum absolute atomic E-state index is 0.0747. The molecule has 27 heavy (non-hydrogen) atoms. The summed E-state index contributed by atoms with van der Waals surface area (Å²) in [5.41, 5.74) is 1.08. The Balaban J connectivity index is 1.85. The molecule has 8 heteroatoms. The molecule has 0 N–H and O–H groups in total. The number of nitrogens with zero attached hydrogens (tertiary/aromatic N) is 5. The van der Waals surface area contributed by atoms with Gasteiger partial charge in [0.25, 0.3) is 5.56 Å². The van der Waals surface area contributed by atoms with Gasteiger partial charge in [0, 0.05) is 11.5 Å². The Morgan fingerprint density at radius 3 is 2.74 bits per heavy atom. The number of para-hydroxylation sites is 1. The van der Waals surface area contributed by atoms with Crippen LogP contribution in [-0.2, 0) is 5.41 Å². The quantitative estimate of drug-likeness (QED) is 0.554. The summed E-state index contributed by atoms with van der Waals surface area (Å²) < 4.78 is 23.0. The molecule has 5 rings (SSSR count). The van der Waals surface area contributed by atoms with Gasteiger partial charge in [-0.1, -0.05) is 18.1 Å². The third-order valence-corrected chi connectivity index (χ3v) is 5.33. The largest absolute Gasteiger partial charge is 0.338 e. The van der Waals surface area contributed by atoms with E-state index in [2.05, 4.69) is 22.0 Å². The third-order valence-electron chi connectivity index (χ3n) is 5.33. The predicted molar refractivity (Wildman–Crippen MR) is 97.2 cm³/mol. The maximum Gasteiger partial charge on any atom is 0.278 e. The van der Waals surface area contributed by atoms with E-state index >= 15 is 0 Å². The zero-order valence-corrected chi connectivity index (χ0v) is 15.2. The molecule has 4 aromatic rings. The Labute approximate surface area is 153 Å². The van der Waals surface area contributed by atoms with Gasteiger partial charge in [-0.2, -0.15) is 4.98 Å². The lowest BCUT2D eigenvalue weighted by molar-refractivity contribution is 0.353. The van der Waals surface area contributed by atoms with Crippen LogP contribution in [0.2, 0.25) is 0 Å². The molecular weight excluding hydrogens is 349 g/mol. The van der Waals surface area contributed by atoms with Crippen LogP contribution in [0.1, 0.15) is 45.5 Å². The van der Waals surface area contributed by atoms with Crippen molar-refractivity contribution in [3.8, 4) is 11.5 Å². The van der Waals surface area contributed by atoms with E-state index in [9.17, 15) is 9.18 Å². The molecule has 1 aliphatic rings. The lowest BCUT2D eigenvalue weighted by Gasteiger charge is -2.16. The first-order chi connectivity index (χ1) is 12.9. The smallest absolute Gasteiger partial charge is 0.278 e. The lowest BCUT2D eigenvalue weighted by atomic mass is 10.1. The van der Waals surface area contributed by atoms with Gasteiger partial charge in [-0.15, -0.1) is 0 Å². The summed E-state index contributed by atoms with van der Waals surface area (Å²) in [6, 6.07) is 4.51. The van der Waals surface area contributed by atoms with E-state index in [0.717, 1.165) is 12.8 Å². The molecule has 0 bridgehead atoms. The van der Waals surface area contributed by atoms with Crippen molar-refractivity contribution in [2.75, 3.05) is 0 Å². The van der Waals surface area contributed by atoms with Crippen LogP contribution in [0, 0.1) is 5.82 Å². The minimum Gasteiger partial charge on any atom is -0.338 e. The summed E-state index contributed by atoms with van der Waals surface area (Å²) in [7, 11) is 0. The standard InChI is InChI=1S/C19H18FN5O2/c1-10(2)25-14-11(20)5-4-6-12(14)24-9-21-13(15(24)17(25)26)16-22-18(27-23-16)19(3)7-8-19/h4-6,9-10H,7-8H2,1-3H3. The molecule has 1 fully saturated rings. The van der Waals surface area contributed by atoms with Gasteiger partial charge in [0.2, 0.25) is 11.7 Å². The van der Waals surface area contributed by atoms with Crippen LogP contribution in [0.3, 0.4) is 0 Å². The average molecular weight is 367 g/mol. The Morgan fingerprint density at radius 1 is 1.26 bits per heavy atom. The fourth-order valence-corrected chi connectivity index (χ4v) is 3.51. The highest BCUT2D eigenvalue weighted by Crippen LogP contribution is 2.47. The number of halogens is 1. The first-order valence-electron chi connectivity index (χ1n) is 8.95. The third kappa shape index (κ3) is 2.19. The van der Waals surface area contributed by atoms with Crippen LogP contribution in [0.4, 0.5) is 4.39 Å². The van der Waals surface area contributed by atoms with Crippen LogP contribution in [-0.4, -0.2) is 24.1 Å². The summed E-state index contributed by atoms with van der Waals surface area (Å²) in [6.45, 7) is 5.76. The van der Waals surface area contributed by atoms with Gasteiger partial charge in [0.05, 0.1) is 5.52 Å². The van der Waals surface area contributed by atoms with Crippen LogP contribution in [0.5, 0.6) is 0 Å². The maximum atomic E-state index is 14.6. The van der Waals surface area contributed by atoms with Crippen LogP contribution >= 0.6 is 0 Å². The van der Waals surface area contributed by atoms with E-state index < -0.39 is 5.82 Å². The molecule has 3 heterocycles. The van der Waals surface area contributed by atoms with Crippen molar-refractivity contribution in [3.05, 3.63) is 46.6 Å². The highest BCUT2D eigenvalue weighted by molar-refractivity contribution is 5.84. The van der Waals surface area contributed by atoms with Crippen molar-refractivity contribution < 1.29 is 8.91 Å². The van der Waals surface area contributed by atoms with Crippen LogP contribution in [0.25, 0.3) is 28.1 Å². The molecule has 138 valence electrons. The zero-order chi connectivity index (χ0) is 18.9. The maximum absolute atomic E-state index is 14.6. The van der Waals surface area contributed by atoms with Crippen molar-refractivity contribution in [2.45, 2.75) is 45.1 Å². The van der Waals surface area contributed by atoms with E-state index in [1.165, 1.54) is 17.0 Å². The van der Waals surface area contributed by atoms with Gasteiger partial charge in [-0.25, -0.2) is 9.37 Å². The summed E-state index contributed by atoms with van der Waals surface area (Å²) in [5.74, 6) is 0.400. The van der Waals surface area contributed by atoms with E-state index in [1.54, 1.807) is 16.5 Å². The highest BCUT2D eigenvalue weighted by atomic mass is 19.1. The molecule has 0 unspecified atom stereocenters. The Morgan fingerprint density at radius 2 is 2.04 bits per heavy atom. The highest BCUT2D eigenvalue weighted by Gasteiger charge is 2.44. The van der Waals surface area contributed by atoms with Gasteiger partial charge >= 0.3 is 0 Å². The normalized spacial score (nSPS) is 15.9. The van der Waals surface area contributed by atoms with Crippen molar-refractivity contribution >= 4 is 16.6 Å². The van der Waals surface area contributed by atoms with Crippen molar-refractivity contribution in [1.82, 2.24) is 24.1 Å². The Hall–Kier alpha value is -3.03. The predicted octanol–water partition coefficient (Wildman–Crippen LogP) is 3.47. The van der Waals surface area contributed by atoms with E-state index in [-0.39, 0.29) is 28.4 Å².